The average Bonchev–Trinajstić information content (AvgIpc) is 2.45. The van der Waals surface area contributed by atoms with Crippen molar-refractivity contribution in [1.82, 2.24) is 5.32 Å². The Hall–Kier alpha value is -2.11. The van der Waals surface area contributed by atoms with Crippen molar-refractivity contribution in [2.24, 2.45) is 0 Å². The van der Waals surface area contributed by atoms with Crippen molar-refractivity contribution in [2.75, 3.05) is 0 Å². The summed E-state index contributed by atoms with van der Waals surface area (Å²) in [5, 5.41) is 12.5. The molecule has 0 amide bonds. The predicted octanol–water partition coefficient (Wildman–Crippen LogP) is 3.72. The smallest absolute Gasteiger partial charge is 0.0995 e. The summed E-state index contributed by atoms with van der Waals surface area (Å²) in [4.78, 5) is 0. The zero-order chi connectivity index (χ0) is 13.7. The second-order valence-electron chi connectivity index (χ2n) is 4.73. The van der Waals surface area contributed by atoms with Crippen molar-refractivity contribution in [2.45, 2.75) is 26.4 Å². The van der Waals surface area contributed by atoms with Crippen LogP contribution in [-0.4, -0.2) is 0 Å². The monoisotopic (exact) mass is 250 g/mol. The van der Waals surface area contributed by atoms with Gasteiger partial charge in [0.15, 0.2) is 0 Å². The van der Waals surface area contributed by atoms with Crippen molar-refractivity contribution >= 4 is 0 Å². The van der Waals surface area contributed by atoms with Gasteiger partial charge in [-0.1, -0.05) is 42.5 Å². The lowest BCUT2D eigenvalue weighted by Crippen LogP contribution is -2.19. The number of benzene rings is 2. The normalized spacial score (nSPS) is 11.8. The fourth-order valence-electron chi connectivity index (χ4n) is 2.23. The molecule has 0 heterocycles. The largest absolute Gasteiger partial charge is 0.306 e. The number of nitrogens with one attached hydrogen (secondary N) is 1. The van der Waals surface area contributed by atoms with Crippen LogP contribution in [0.4, 0.5) is 0 Å². The van der Waals surface area contributed by atoms with Gasteiger partial charge >= 0.3 is 0 Å². The van der Waals surface area contributed by atoms with E-state index in [-0.39, 0.29) is 6.04 Å². The van der Waals surface area contributed by atoms with E-state index in [2.05, 4.69) is 49.5 Å². The molecule has 2 aromatic rings. The van der Waals surface area contributed by atoms with Crippen LogP contribution in [0.25, 0.3) is 0 Å². The van der Waals surface area contributed by atoms with Crippen LogP contribution >= 0.6 is 0 Å². The first-order chi connectivity index (χ1) is 9.22. The van der Waals surface area contributed by atoms with Gasteiger partial charge in [0.25, 0.3) is 0 Å². The Morgan fingerprint density at radius 2 is 1.79 bits per heavy atom. The Labute approximate surface area is 114 Å². The first-order valence-electron chi connectivity index (χ1n) is 6.49. The highest BCUT2D eigenvalue weighted by Crippen LogP contribution is 2.17. The van der Waals surface area contributed by atoms with Gasteiger partial charge in [0.2, 0.25) is 0 Å². The molecule has 96 valence electrons. The van der Waals surface area contributed by atoms with Crippen LogP contribution in [0.15, 0.2) is 48.5 Å². The van der Waals surface area contributed by atoms with Crippen molar-refractivity contribution < 1.29 is 0 Å². The molecule has 2 nitrogen and oxygen atoms in total. The van der Waals surface area contributed by atoms with Gasteiger partial charge in [-0.3, -0.25) is 0 Å². The summed E-state index contributed by atoms with van der Waals surface area (Å²) in [5.74, 6) is 0. The lowest BCUT2D eigenvalue weighted by Gasteiger charge is -2.17. The van der Waals surface area contributed by atoms with E-state index in [1.807, 2.05) is 24.3 Å². The maximum Gasteiger partial charge on any atom is 0.0995 e. The Bertz CT molecular complexity index is 596. The average molecular weight is 250 g/mol. The molecule has 0 radical (unpaired) electrons. The number of rotatable bonds is 4. The van der Waals surface area contributed by atoms with Crippen LogP contribution in [0.2, 0.25) is 0 Å². The molecular weight excluding hydrogens is 232 g/mol. The summed E-state index contributed by atoms with van der Waals surface area (Å²) >= 11 is 0. The molecule has 19 heavy (non-hydrogen) atoms. The number of nitrogens with zero attached hydrogens (tertiary/aromatic N) is 1. The van der Waals surface area contributed by atoms with Crippen molar-refractivity contribution in [1.29, 1.82) is 5.26 Å². The molecule has 2 rings (SSSR count). The minimum absolute atomic E-state index is 0.271. The summed E-state index contributed by atoms with van der Waals surface area (Å²) in [6.45, 7) is 4.98. The van der Waals surface area contributed by atoms with Crippen molar-refractivity contribution in [3.63, 3.8) is 0 Å². The Morgan fingerprint density at radius 3 is 2.53 bits per heavy atom. The van der Waals surface area contributed by atoms with Gasteiger partial charge in [0, 0.05) is 12.6 Å². The van der Waals surface area contributed by atoms with E-state index in [0.29, 0.717) is 6.54 Å². The fourth-order valence-corrected chi connectivity index (χ4v) is 2.23. The van der Waals surface area contributed by atoms with Crippen LogP contribution in [0.3, 0.4) is 0 Å². The van der Waals surface area contributed by atoms with Crippen LogP contribution in [0.1, 0.15) is 35.2 Å². The SMILES string of the molecule is Cc1ccccc1[C@H](C)NCc1ccccc1C#N. The van der Waals surface area contributed by atoms with E-state index < -0.39 is 0 Å². The van der Waals surface area contributed by atoms with Crippen molar-refractivity contribution in [3.8, 4) is 6.07 Å². The maximum atomic E-state index is 9.07. The minimum atomic E-state index is 0.271. The first-order valence-corrected chi connectivity index (χ1v) is 6.49. The van der Waals surface area contributed by atoms with Crippen LogP contribution in [0, 0.1) is 18.3 Å². The van der Waals surface area contributed by atoms with E-state index in [9.17, 15) is 0 Å². The van der Waals surface area contributed by atoms with Gasteiger partial charge in [-0.05, 0) is 36.6 Å². The second-order valence-corrected chi connectivity index (χ2v) is 4.73. The Morgan fingerprint density at radius 1 is 1.11 bits per heavy atom. The lowest BCUT2D eigenvalue weighted by atomic mass is 10.0. The molecule has 0 aliphatic carbocycles. The molecule has 0 aliphatic rings. The zero-order valence-electron chi connectivity index (χ0n) is 11.4. The molecule has 2 aromatic carbocycles. The third kappa shape index (κ3) is 3.21. The summed E-state index contributed by atoms with van der Waals surface area (Å²) < 4.78 is 0. The van der Waals surface area contributed by atoms with Gasteiger partial charge in [-0.25, -0.2) is 0 Å². The Kier molecular flexibility index (Phi) is 4.33. The molecule has 0 saturated heterocycles. The number of hydrogen-bond donors (Lipinski definition) is 1. The molecule has 0 aromatic heterocycles. The molecule has 0 bridgehead atoms. The summed E-state index contributed by atoms with van der Waals surface area (Å²) in [5.41, 5.74) is 4.38. The van der Waals surface area contributed by atoms with Crippen LogP contribution in [0.5, 0.6) is 0 Å². The lowest BCUT2D eigenvalue weighted by molar-refractivity contribution is 0.572. The standard InChI is InChI=1S/C17H18N2/c1-13-7-3-6-10-17(13)14(2)19-12-16-9-5-4-8-15(16)11-18/h3-10,14,19H,12H2,1-2H3/t14-/m0/s1. The van der Waals surface area contributed by atoms with Crippen LogP contribution < -0.4 is 5.32 Å². The number of aryl methyl sites for hydroxylation is 1. The van der Waals surface area contributed by atoms with E-state index in [4.69, 9.17) is 5.26 Å². The highest BCUT2D eigenvalue weighted by atomic mass is 14.9. The molecule has 1 N–H and O–H groups in total. The third-order valence-electron chi connectivity index (χ3n) is 3.39. The second kappa shape index (κ2) is 6.17. The molecule has 0 fully saturated rings. The summed E-state index contributed by atoms with van der Waals surface area (Å²) in [7, 11) is 0. The van der Waals surface area contributed by atoms with E-state index in [1.165, 1.54) is 11.1 Å². The molecule has 2 heteroatoms. The molecule has 0 saturated carbocycles. The third-order valence-corrected chi connectivity index (χ3v) is 3.39. The fraction of sp³-hybridized carbons (Fsp3) is 0.235. The quantitative estimate of drug-likeness (QED) is 0.897. The summed E-state index contributed by atoms with van der Waals surface area (Å²) in [6.07, 6.45) is 0. The first kappa shape index (κ1) is 13.3. The van der Waals surface area contributed by atoms with Crippen molar-refractivity contribution in [3.05, 3.63) is 70.8 Å². The van der Waals surface area contributed by atoms with E-state index >= 15 is 0 Å². The van der Waals surface area contributed by atoms with Crippen LogP contribution in [-0.2, 0) is 6.54 Å². The molecular formula is C17H18N2. The van der Waals surface area contributed by atoms with Gasteiger partial charge in [0.05, 0.1) is 11.6 Å². The van der Waals surface area contributed by atoms with Gasteiger partial charge in [-0.2, -0.15) is 5.26 Å². The van der Waals surface area contributed by atoms with Gasteiger partial charge in [0.1, 0.15) is 0 Å². The number of hydrogen-bond acceptors (Lipinski definition) is 2. The number of nitriles is 1. The zero-order valence-corrected chi connectivity index (χ0v) is 11.4. The van der Waals surface area contributed by atoms with E-state index in [1.54, 1.807) is 0 Å². The highest BCUT2D eigenvalue weighted by molar-refractivity contribution is 5.37. The van der Waals surface area contributed by atoms with E-state index in [0.717, 1.165) is 11.1 Å². The van der Waals surface area contributed by atoms with Gasteiger partial charge in [-0.15, -0.1) is 0 Å². The summed E-state index contributed by atoms with van der Waals surface area (Å²) in [6, 6.07) is 18.6. The van der Waals surface area contributed by atoms with Gasteiger partial charge < -0.3 is 5.32 Å². The molecule has 0 unspecified atom stereocenters. The topological polar surface area (TPSA) is 35.8 Å². The maximum absolute atomic E-state index is 9.07. The molecule has 1 atom stereocenters. The molecule has 0 spiro atoms. The highest BCUT2D eigenvalue weighted by Gasteiger charge is 2.08. The minimum Gasteiger partial charge on any atom is -0.306 e. The Balaban J connectivity index is 2.07. The molecule has 0 aliphatic heterocycles. The predicted molar refractivity (Wildman–Crippen MR) is 77.6 cm³/mol.